The number of carbonyl (C=O) groups excluding carboxylic acids is 1. The molecule has 0 unspecified atom stereocenters. The largest absolute Gasteiger partial charge is 0.454 e. The van der Waals surface area contributed by atoms with Gasteiger partial charge in [0.1, 0.15) is 0 Å². The van der Waals surface area contributed by atoms with Crippen molar-refractivity contribution in [3.8, 4) is 17.2 Å². The average molecular weight is 474 g/mol. The first kappa shape index (κ1) is 22.0. The topological polar surface area (TPSA) is 82.5 Å². The van der Waals surface area contributed by atoms with Crippen molar-refractivity contribution in [1.29, 1.82) is 0 Å². The molecule has 7 nitrogen and oxygen atoms in total. The van der Waals surface area contributed by atoms with Crippen LogP contribution in [0.25, 0.3) is 16.6 Å². The summed E-state index contributed by atoms with van der Waals surface area (Å²) in [5.41, 5.74) is 4.21. The molecule has 1 amide bonds. The van der Waals surface area contributed by atoms with Crippen LogP contribution in [-0.2, 0) is 11.3 Å². The lowest BCUT2D eigenvalue weighted by atomic mass is 10.1. The van der Waals surface area contributed by atoms with E-state index in [-0.39, 0.29) is 24.0 Å². The van der Waals surface area contributed by atoms with Gasteiger partial charge in [0.15, 0.2) is 16.7 Å². The van der Waals surface area contributed by atoms with Crippen molar-refractivity contribution in [2.75, 3.05) is 12.5 Å². The Labute approximate surface area is 200 Å². The summed E-state index contributed by atoms with van der Waals surface area (Å²) in [7, 11) is 0. The quantitative estimate of drug-likeness (QED) is 0.335. The number of carbonyl (C=O) groups is 1. The molecule has 1 N–H and O–H groups in total. The summed E-state index contributed by atoms with van der Waals surface area (Å²) < 4.78 is 12.3. The van der Waals surface area contributed by atoms with Gasteiger partial charge in [-0.25, -0.2) is 4.98 Å². The number of hydrogen-bond donors (Lipinski definition) is 1. The van der Waals surface area contributed by atoms with E-state index in [0.29, 0.717) is 34.1 Å². The molecule has 1 aromatic heterocycles. The minimum atomic E-state index is -0.155. The van der Waals surface area contributed by atoms with Crippen molar-refractivity contribution >= 4 is 28.6 Å². The van der Waals surface area contributed by atoms with E-state index in [1.165, 1.54) is 11.8 Å². The number of nitrogens with zero attached hydrogens (tertiary/aromatic N) is 2. The van der Waals surface area contributed by atoms with Gasteiger partial charge in [-0.1, -0.05) is 47.7 Å². The van der Waals surface area contributed by atoms with Crippen LogP contribution in [0.3, 0.4) is 0 Å². The first-order valence-electron chi connectivity index (χ1n) is 10.9. The van der Waals surface area contributed by atoms with Crippen LogP contribution in [0.4, 0.5) is 0 Å². The van der Waals surface area contributed by atoms with Gasteiger partial charge in [0.25, 0.3) is 5.56 Å². The van der Waals surface area contributed by atoms with Crippen molar-refractivity contribution in [3.05, 3.63) is 87.7 Å². The first-order valence-corrected chi connectivity index (χ1v) is 11.9. The number of rotatable bonds is 6. The van der Waals surface area contributed by atoms with Crippen LogP contribution in [0.15, 0.2) is 70.6 Å². The Hall–Kier alpha value is -3.78. The third-order valence-electron chi connectivity index (χ3n) is 5.60. The fraction of sp³-hybridized carbons (Fsp3) is 0.192. The number of aromatic nitrogens is 2. The van der Waals surface area contributed by atoms with Crippen LogP contribution in [0.1, 0.15) is 16.7 Å². The zero-order valence-electron chi connectivity index (χ0n) is 18.8. The fourth-order valence-electron chi connectivity index (χ4n) is 3.91. The van der Waals surface area contributed by atoms with Gasteiger partial charge in [-0.15, -0.1) is 0 Å². The Balaban J connectivity index is 1.38. The second-order valence-corrected chi connectivity index (χ2v) is 9.04. The lowest BCUT2D eigenvalue weighted by Crippen LogP contribution is -2.26. The second-order valence-electron chi connectivity index (χ2n) is 8.10. The van der Waals surface area contributed by atoms with E-state index in [0.717, 1.165) is 22.4 Å². The summed E-state index contributed by atoms with van der Waals surface area (Å²) in [5.74, 6) is 1.36. The Morgan fingerprint density at radius 1 is 1.06 bits per heavy atom. The van der Waals surface area contributed by atoms with Crippen molar-refractivity contribution < 1.29 is 14.3 Å². The monoisotopic (exact) mass is 473 g/mol. The molecule has 0 atom stereocenters. The van der Waals surface area contributed by atoms with E-state index in [9.17, 15) is 9.59 Å². The molecular weight excluding hydrogens is 450 g/mol. The maximum Gasteiger partial charge on any atom is 0.266 e. The van der Waals surface area contributed by atoms with E-state index in [2.05, 4.69) is 5.32 Å². The molecule has 8 heteroatoms. The highest BCUT2D eigenvalue weighted by molar-refractivity contribution is 7.99. The smallest absolute Gasteiger partial charge is 0.266 e. The maximum atomic E-state index is 13.4. The molecule has 172 valence electrons. The number of para-hydroxylation sites is 1. The van der Waals surface area contributed by atoms with Gasteiger partial charge in [-0.05, 0) is 55.3 Å². The zero-order chi connectivity index (χ0) is 23.7. The summed E-state index contributed by atoms with van der Waals surface area (Å²) in [6, 6.07) is 18.8. The van der Waals surface area contributed by atoms with Gasteiger partial charge in [0.05, 0.1) is 22.3 Å². The van der Waals surface area contributed by atoms with E-state index in [1.807, 2.05) is 68.4 Å². The number of benzene rings is 3. The highest BCUT2D eigenvalue weighted by Gasteiger charge is 2.17. The molecule has 34 heavy (non-hydrogen) atoms. The number of hydrogen-bond acceptors (Lipinski definition) is 6. The summed E-state index contributed by atoms with van der Waals surface area (Å²) in [6.45, 7) is 4.56. The van der Waals surface area contributed by atoms with E-state index < -0.39 is 0 Å². The Kier molecular flexibility index (Phi) is 5.98. The van der Waals surface area contributed by atoms with Gasteiger partial charge in [-0.2, -0.15) is 0 Å². The van der Waals surface area contributed by atoms with Crippen LogP contribution in [0.2, 0.25) is 0 Å². The van der Waals surface area contributed by atoms with Crippen molar-refractivity contribution in [2.24, 2.45) is 0 Å². The SMILES string of the molecule is Cc1ccc(-n2c(SCC(=O)NCc3ccc4c(c3)OCO4)nc3ccccc3c2=O)c(C)c1. The predicted molar refractivity (Wildman–Crippen MR) is 132 cm³/mol. The molecule has 5 rings (SSSR count). The fourth-order valence-corrected chi connectivity index (χ4v) is 4.75. The molecular formula is C26H23N3O4S. The molecule has 0 bridgehead atoms. The number of fused-ring (bicyclic) bond motifs is 2. The van der Waals surface area contributed by atoms with Gasteiger partial charge in [0.2, 0.25) is 12.7 Å². The molecule has 0 spiro atoms. The molecule has 0 radical (unpaired) electrons. The Bertz CT molecular complexity index is 1460. The summed E-state index contributed by atoms with van der Waals surface area (Å²) in [5, 5.41) is 3.94. The number of ether oxygens (including phenoxy) is 2. The third-order valence-corrected chi connectivity index (χ3v) is 6.54. The second kappa shape index (κ2) is 9.23. The third kappa shape index (κ3) is 4.36. The molecule has 1 aliphatic rings. The highest BCUT2D eigenvalue weighted by Crippen LogP contribution is 2.32. The van der Waals surface area contributed by atoms with Crippen LogP contribution in [-0.4, -0.2) is 28.0 Å². The predicted octanol–water partition coefficient (Wildman–Crippen LogP) is 4.14. The summed E-state index contributed by atoms with van der Waals surface area (Å²) in [6.07, 6.45) is 0. The standard InChI is InChI=1S/C26H23N3O4S/c1-16-7-9-21(17(2)11-16)29-25(31)19-5-3-4-6-20(19)28-26(29)34-14-24(30)27-13-18-8-10-22-23(12-18)33-15-32-22/h3-12H,13-15H2,1-2H3,(H,27,30). The number of nitrogens with one attached hydrogen (secondary N) is 1. The van der Waals surface area contributed by atoms with Crippen LogP contribution in [0.5, 0.6) is 11.5 Å². The molecule has 0 saturated carbocycles. The molecule has 3 aromatic carbocycles. The molecule has 1 aliphatic heterocycles. The average Bonchev–Trinajstić information content (AvgIpc) is 3.30. The summed E-state index contributed by atoms with van der Waals surface area (Å²) in [4.78, 5) is 30.8. The highest BCUT2D eigenvalue weighted by atomic mass is 32.2. The van der Waals surface area contributed by atoms with Crippen molar-refractivity contribution in [1.82, 2.24) is 14.9 Å². The zero-order valence-corrected chi connectivity index (χ0v) is 19.6. The van der Waals surface area contributed by atoms with E-state index in [4.69, 9.17) is 14.5 Å². The number of thioether (sulfide) groups is 1. The first-order chi connectivity index (χ1) is 16.5. The lowest BCUT2D eigenvalue weighted by Gasteiger charge is -2.15. The van der Waals surface area contributed by atoms with Gasteiger partial charge >= 0.3 is 0 Å². The molecule has 0 fully saturated rings. The van der Waals surface area contributed by atoms with Gasteiger partial charge < -0.3 is 14.8 Å². The summed E-state index contributed by atoms with van der Waals surface area (Å²) >= 11 is 1.24. The maximum absolute atomic E-state index is 13.4. The molecule has 0 aliphatic carbocycles. The van der Waals surface area contributed by atoms with Gasteiger partial charge in [-0.3, -0.25) is 14.2 Å². The molecule has 2 heterocycles. The van der Waals surface area contributed by atoms with Gasteiger partial charge in [0, 0.05) is 6.54 Å². The van der Waals surface area contributed by atoms with E-state index >= 15 is 0 Å². The van der Waals surface area contributed by atoms with Crippen LogP contribution in [0, 0.1) is 13.8 Å². The van der Waals surface area contributed by atoms with E-state index in [1.54, 1.807) is 10.6 Å². The normalized spacial score (nSPS) is 12.2. The Morgan fingerprint density at radius 3 is 2.74 bits per heavy atom. The lowest BCUT2D eigenvalue weighted by molar-refractivity contribution is -0.118. The number of aryl methyl sites for hydroxylation is 2. The molecule has 0 saturated heterocycles. The number of amides is 1. The van der Waals surface area contributed by atoms with Crippen molar-refractivity contribution in [3.63, 3.8) is 0 Å². The van der Waals surface area contributed by atoms with Crippen molar-refractivity contribution in [2.45, 2.75) is 25.5 Å². The minimum Gasteiger partial charge on any atom is -0.454 e. The minimum absolute atomic E-state index is 0.125. The Morgan fingerprint density at radius 2 is 1.88 bits per heavy atom. The molecule has 4 aromatic rings. The van der Waals surface area contributed by atoms with Crippen LogP contribution >= 0.6 is 11.8 Å². The van der Waals surface area contributed by atoms with Crippen LogP contribution < -0.4 is 20.3 Å².